The minimum absolute atomic E-state index is 0.224. The minimum atomic E-state index is -4.21. The number of carbonyl (C=O) groups is 1. The van der Waals surface area contributed by atoms with Gasteiger partial charge in [-0.25, -0.2) is 0 Å². The van der Waals surface area contributed by atoms with Crippen molar-refractivity contribution in [1.82, 2.24) is 0 Å². The van der Waals surface area contributed by atoms with Gasteiger partial charge in [0.25, 0.3) is 20.2 Å². The smallest absolute Gasteiger partial charge is 0.309 e. The van der Waals surface area contributed by atoms with Crippen molar-refractivity contribution in [3.8, 4) is 0 Å². The molecule has 0 aliphatic heterocycles. The standard InChI is InChI=1S/C13H26O8S2/c1-5-11(12(14)20-6-2)13(3,4)10-21-23(18,19)9-7-8-22(15,16)17/h11H,5-10H2,1-4H3,(H,15,16,17)/t11-/m0/s1. The van der Waals surface area contributed by atoms with E-state index in [2.05, 4.69) is 0 Å². The Bertz CT molecular complexity index is 577. The molecule has 8 nitrogen and oxygen atoms in total. The molecule has 1 atom stereocenters. The van der Waals surface area contributed by atoms with Gasteiger partial charge in [-0.05, 0) is 19.8 Å². The summed E-state index contributed by atoms with van der Waals surface area (Å²) in [6, 6.07) is 0. The second-order valence-corrected chi connectivity index (χ2v) is 9.20. The fraction of sp³-hybridized carbons (Fsp3) is 0.923. The third-order valence-corrected chi connectivity index (χ3v) is 5.40. The average molecular weight is 374 g/mol. The second-order valence-electron chi connectivity index (χ2n) is 5.87. The van der Waals surface area contributed by atoms with E-state index in [0.717, 1.165) is 0 Å². The van der Waals surface area contributed by atoms with E-state index >= 15 is 0 Å². The van der Waals surface area contributed by atoms with Gasteiger partial charge in [-0.3, -0.25) is 13.5 Å². The Morgan fingerprint density at radius 3 is 2.13 bits per heavy atom. The summed E-state index contributed by atoms with van der Waals surface area (Å²) in [4.78, 5) is 11.9. The van der Waals surface area contributed by atoms with Crippen LogP contribution in [-0.4, -0.2) is 52.1 Å². The molecule has 0 heterocycles. The van der Waals surface area contributed by atoms with Crippen LogP contribution in [0.3, 0.4) is 0 Å². The molecule has 0 bridgehead atoms. The van der Waals surface area contributed by atoms with E-state index in [0.29, 0.717) is 6.42 Å². The van der Waals surface area contributed by atoms with Gasteiger partial charge in [0.15, 0.2) is 0 Å². The molecule has 138 valence electrons. The van der Waals surface area contributed by atoms with Gasteiger partial charge in [0.05, 0.1) is 30.6 Å². The van der Waals surface area contributed by atoms with Gasteiger partial charge in [-0.2, -0.15) is 16.8 Å². The normalized spacial score (nSPS) is 14.5. The predicted octanol–water partition coefficient (Wildman–Crippen LogP) is 1.23. The molecule has 0 aromatic carbocycles. The number of hydrogen-bond donors (Lipinski definition) is 1. The molecule has 0 rings (SSSR count). The topological polar surface area (TPSA) is 124 Å². The van der Waals surface area contributed by atoms with Crippen molar-refractivity contribution in [2.75, 3.05) is 24.7 Å². The van der Waals surface area contributed by atoms with Gasteiger partial charge in [-0.15, -0.1) is 0 Å². The van der Waals surface area contributed by atoms with Crippen LogP contribution >= 0.6 is 0 Å². The third kappa shape index (κ3) is 9.23. The molecule has 0 saturated carbocycles. The molecule has 23 heavy (non-hydrogen) atoms. The lowest BCUT2D eigenvalue weighted by atomic mass is 9.78. The van der Waals surface area contributed by atoms with Gasteiger partial charge in [0.1, 0.15) is 0 Å². The van der Waals surface area contributed by atoms with E-state index in [4.69, 9.17) is 13.5 Å². The van der Waals surface area contributed by atoms with Crippen molar-refractivity contribution in [1.29, 1.82) is 0 Å². The van der Waals surface area contributed by atoms with Crippen molar-refractivity contribution >= 4 is 26.2 Å². The number of rotatable bonds is 11. The molecule has 0 aliphatic rings. The fourth-order valence-corrected chi connectivity index (χ4v) is 3.89. The summed E-state index contributed by atoms with van der Waals surface area (Å²) in [5.41, 5.74) is -0.767. The maximum atomic E-state index is 11.9. The van der Waals surface area contributed by atoms with Crippen LogP contribution in [0, 0.1) is 11.3 Å². The average Bonchev–Trinajstić information content (AvgIpc) is 2.35. The lowest BCUT2D eigenvalue weighted by Gasteiger charge is -2.31. The first-order valence-electron chi connectivity index (χ1n) is 7.33. The van der Waals surface area contributed by atoms with Crippen LogP contribution in [0.15, 0.2) is 0 Å². The molecule has 0 aliphatic carbocycles. The predicted molar refractivity (Wildman–Crippen MR) is 85.0 cm³/mol. The lowest BCUT2D eigenvalue weighted by Crippen LogP contribution is -2.36. The third-order valence-electron chi connectivity index (χ3n) is 3.33. The van der Waals surface area contributed by atoms with Crippen molar-refractivity contribution < 1.29 is 35.1 Å². The summed E-state index contributed by atoms with van der Waals surface area (Å²) in [7, 11) is -8.15. The lowest BCUT2D eigenvalue weighted by molar-refractivity contribution is -0.153. The molecular weight excluding hydrogens is 348 g/mol. The Hall–Kier alpha value is -0.710. The van der Waals surface area contributed by atoms with E-state index in [1.54, 1.807) is 27.7 Å². The first-order chi connectivity index (χ1) is 10.3. The second kappa shape index (κ2) is 8.95. The molecule has 0 fully saturated rings. The monoisotopic (exact) mass is 374 g/mol. The van der Waals surface area contributed by atoms with Gasteiger partial charge < -0.3 is 4.74 Å². The SMILES string of the molecule is CCOC(=O)[C@H](CC)C(C)(C)COS(=O)(=O)CCCS(=O)(=O)O. The summed E-state index contributed by atoms with van der Waals surface area (Å²) >= 11 is 0. The van der Waals surface area contributed by atoms with Gasteiger partial charge >= 0.3 is 5.97 Å². The fourth-order valence-electron chi connectivity index (χ4n) is 2.10. The van der Waals surface area contributed by atoms with Gasteiger partial charge in [0, 0.05) is 5.41 Å². The minimum Gasteiger partial charge on any atom is -0.466 e. The zero-order chi connectivity index (χ0) is 18.3. The number of carbonyl (C=O) groups excluding carboxylic acids is 1. The van der Waals surface area contributed by atoms with Crippen molar-refractivity contribution in [3.63, 3.8) is 0 Å². The molecule has 0 radical (unpaired) electrons. The van der Waals surface area contributed by atoms with E-state index in [-0.39, 0.29) is 19.6 Å². The maximum Gasteiger partial charge on any atom is 0.309 e. The Kier molecular flexibility index (Phi) is 8.68. The van der Waals surface area contributed by atoms with Gasteiger partial charge in [-0.1, -0.05) is 20.8 Å². The van der Waals surface area contributed by atoms with Gasteiger partial charge in [0.2, 0.25) is 0 Å². The number of hydrogen-bond acceptors (Lipinski definition) is 7. The summed E-state index contributed by atoms with van der Waals surface area (Å²) in [5, 5.41) is 0. The van der Waals surface area contributed by atoms with Crippen LogP contribution in [0.25, 0.3) is 0 Å². The van der Waals surface area contributed by atoms with Crippen LogP contribution in [0.5, 0.6) is 0 Å². The first kappa shape index (κ1) is 22.3. The maximum absolute atomic E-state index is 11.9. The Balaban J connectivity index is 4.68. The Morgan fingerprint density at radius 1 is 1.13 bits per heavy atom. The van der Waals surface area contributed by atoms with Crippen LogP contribution in [0.2, 0.25) is 0 Å². The Morgan fingerprint density at radius 2 is 1.70 bits per heavy atom. The summed E-state index contributed by atoms with van der Waals surface area (Å²) in [6.07, 6.45) is 0.203. The summed E-state index contributed by atoms with van der Waals surface area (Å²) in [6.45, 7) is 6.90. The molecule has 0 unspecified atom stereocenters. The van der Waals surface area contributed by atoms with Crippen LogP contribution < -0.4 is 0 Å². The highest BCUT2D eigenvalue weighted by Crippen LogP contribution is 2.31. The van der Waals surface area contributed by atoms with Crippen LogP contribution in [0.4, 0.5) is 0 Å². The van der Waals surface area contributed by atoms with E-state index in [1.165, 1.54) is 0 Å². The zero-order valence-electron chi connectivity index (χ0n) is 13.9. The molecule has 0 aromatic rings. The summed E-state index contributed by atoms with van der Waals surface area (Å²) < 4.78 is 63.1. The summed E-state index contributed by atoms with van der Waals surface area (Å²) in [5.74, 6) is -2.11. The highest BCUT2D eigenvalue weighted by molar-refractivity contribution is 7.87. The van der Waals surface area contributed by atoms with Crippen molar-refractivity contribution in [2.24, 2.45) is 11.3 Å². The molecule has 10 heteroatoms. The highest BCUT2D eigenvalue weighted by Gasteiger charge is 2.36. The molecule has 1 N–H and O–H groups in total. The molecule has 0 spiro atoms. The molecule has 0 saturated heterocycles. The van der Waals surface area contributed by atoms with Crippen LogP contribution in [-0.2, 0) is 34.0 Å². The van der Waals surface area contributed by atoms with E-state index in [9.17, 15) is 21.6 Å². The Labute approximate surface area is 138 Å². The largest absolute Gasteiger partial charge is 0.466 e. The number of ether oxygens (including phenoxy) is 1. The van der Waals surface area contributed by atoms with Crippen LogP contribution in [0.1, 0.15) is 40.5 Å². The quantitative estimate of drug-likeness (QED) is 0.325. The molecule has 0 aromatic heterocycles. The highest BCUT2D eigenvalue weighted by atomic mass is 32.2. The zero-order valence-corrected chi connectivity index (χ0v) is 15.6. The van der Waals surface area contributed by atoms with E-state index in [1.807, 2.05) is 0 Å². The number of esters is 1. The van der Waals surface area contributed by atoms with Crippen molar-refractivity contribution in [3.05, 3.63) is 0 Å². The van der Waals surface area contributed by atoms with E-state index < -0.39 is 49.0 Å². The molecule has 0 amide bonds. The first-order valence-corrected chi connectivity index (χ1v) is 10.5. The van der Waals surface area contributed by atoms with Crippen molar-refractivity contribution in [2.45, 2.75) is 40.5 Å². The molecular formula is C13H26O8S2.